The van der Waals surface area contributed by atoms with Gasteiger partial charge in [0.2, 0.25) is 0 Å². The summed E-state index contributed by atoms with van der Waals surface area (Å²) in [6.45, 7) is 2.41. The van der Waals surface area contributed by atoms with Gasteiger partial charge in [-0.2, -0.15) is 0 Å². The van der Waals surface area contributed by atoms with Gasteiger partial charge in [-0.3, -0.25) is 0 Å². The molecule has 0 aliphatic heterocycles. The minimum absolute atomic E-state index is 0.985. The van der Waals surface area contributed by atoms with Crippen molar-refractivity contribution in [3.8, 4) is 0 Å². The predicted molar refractivity (Wildman–Crippen MR) is 62.0 cm³/mol. The van der Waals surface area contributed by atoms with Crippen LogP contribution in [0, 0.1) is 24.2 Å². The first-order chi connectivity index (χ1) is 6.86. The Kier molecular flexibility index (Phi) is 3.89. The molecule has 0 nitrogen and oxygen atoms in total. The largest absolute Gasteiger partial charge is 0.0622 e. The van der Waals surface area contributed by atoms with Gasteiger partial charge in [0.25, 0.3) is 0 Å². The van der Waals surface area contributed by atoms with Crippen LogP contribution < -0.4 is 0 Å². The highest BCUT2D eigenvalue weighted by Gasteiger charge is 2.26. The Labute approximate surface area is 89.5 Å². The van der Waals surface area contributed by atoms with E-state index in [1.54, 1.807) is 0 Å². The van der Waals surface area contributed by atoms with Crippen LogP contribution in [-0.4, -0.2) is 0 Å². The van der Waals surface area contributed by atoms with Crippen molar-refractivity contribution < 1.29 is 0 Å². The van der Waals surface area contributed by atoms with Gasteiger partial charge in [0.1, 0.15) is 0 Å². The van der Waals surface area contributed by atoms with Crippen molar-refractivity contribution in [3.05, 3.63) is 6.42 Å². The standard InChI is InChI=1S/C14H25/c1-12-10-11-14(12)9-5-8-13-6-3-2-4-7-13/h9,12-14H,2-8,10-11H2,1H3. The molecule has 2 fully saturated rings. The summed E-state index contributed by atoms with van der Waals surface area (Å²) in [5.41, 5.74) is 0. The summed E-state index contributed by atoms with van der Waals surface area (Å²) >= 11 is 0. The zero-order valence-electron chi connectivity index (χ0n) is 9.67. The first-order valence-electron chi connectivity index (χ1n) is 6.69. The van der Waals surface area contributed by atoms with Crippen LogP contribution in [-0.2, 0) is 0 Å². The van der Waals surface area contributed by atoms with E-state index in [0.717, 1.165) is 17.8 Å². The molecule has 0 N–H and O–H groups in total. The smallest absolute Gasteiger partial charge is 0.0352 e. The maximum Gasteiger partial charge on any atom is -0.0352 e. The molecule has 2 atom stereocenters. The fourth-order valence-corrected chi connectivity index (χ4v) is 3.06. The van der Waals surface area contributed by atoms with Gasteiger partial charge >= 0.3 is 0 Å². The van der Waals surface area contributed by atoms with Crippen molar-refractivity contribution in [2.75, 3.05) is 0 Å². The van der Waals surface area contributed by atoms with Gasteiger partial charge in [-0.25, -0.2) is 0 Å². The van der Waals surface area contributed by atoms with Crippen molar-refractivity contribution in [3.63, 3.8) is 0 Å². The maximum absolute atomic E-state index is 2.63. The molecule has 0 aromatic carbocycles. The van der Waals surface area contributed by atoms with Crippen molar-refractivity contribution in [1.82, 2.24) is 0 Å². The van der Waals surface area contributed by atoms with Gasteiger partial charge in [0.05, 0.1) is 0 Å². The SMILES string of the molecule is CC1CCC1[CH]CCC1CCCCC1. The van der Waals surface area contributed by atoms with Crippen LogP contribution in [0.4, 0.5) is 0 Å². The zero-order chi connectivity index (χ0) is 9.80. The molecule has 2 aliphatic carbocycles. The Morgan fingerprint density at radius 1 is 1.00 bits per heavy atom. The molecule has 81 valence electrons. The summed E-state index contributed by atoms with van der Waals surface area (Å²) in [6.07, 6.45) is 16.0. The monoisotopic (exact) mass is 193 g/mol. The quantitative estimate of drug-likeness (QED) is 0.612. The Morgan fingerprint density at radius 3 is 2.36 bits per heavy atom. The summed E-state index contributed by atoms with van der Waals surface area (Å²) in [7, 11) is 0. The lowest BCUT2D eigenvalue weighted by atomic mass is 9.72. The summed E-state index contributed by atoms with van der Waals surface area (Å²) in [5, 5.41) is 0. The molecule has 0 heteroatoms. The second kappa shape index (κ2) is 5.19. The van der Waals surface area contributed by atoms with Gasteiger partial charge in [-0.05, 0) is 37.0 Å². The highest BCUT2D eigenvalue weighted by molar-refractivity contribution is 4.88. The summed E-state index contributed by atoms with van der Waals surface area (Å²) in [5.74, 6) is 3.07. The highest BCUT2D eigenvalue weighted by atomic mass is 14.3. The van der Waals surface area contributed by atoms with Crippen LogP contribution in [0.25, 0.3) is 0 Å². The van der Waals surface area contributed by atoms with Crippen LogP contribution in [0.1, 0.15) is 64.7 Å². The Bertz CT molecular complexity index is 155. The minimum atomic E-state index is 0.985. The van der Waals surface area contributed by atoms with E-state index in [9.17, 15) is 0 Å². The minimum Gasteiger partial charge on any atom is -0.0622 e. The van der Waals surface area contributed by atoms with Gasteiger partial charge in [0.15, 0.2) is 0 Å². The van der Waals surface area contributed by atoms with E-state index in [1.807, 2.05) is 0 Å². The lowest BCUT2D eigenvalue weighted by Gasteiger charge is -2.34. The van der Waals surface area contributed by atoms with E-state index in [4.69, 9.17) is 0 Å². The van der Waals surface area contributed by atoms with Gasteiger partial charge in [-0.15, -0.1) is 0 Å². The van der Waals surface area contributed by atoms with Crippen LogP contribution in [0.5, 0.6) is 0 Å². The molecule has 0 bridgehead atoms. The topological polar surface area (TPSA) is 0 Å². The van der Waals surface area contributed by atoms with Crippen molar-refractivity contribution in [2.45, 2.75) is 64.7 Å². The molecule has 0 amide bonds. The fraction of sp³-hybridized carbons (Fsp3) is 0.929. The molecule has 2 rings (SSSR count). The van der Waals surface area contributed by atoms with Crippen molar-refractivity contribution >= 4 is 0 Å². The molecular formula is C14H25. The Morgan fingerprint density at radius 2 is 1.79 bits per heavy atom. The number of hydrogen-bond donors (Lipinski definition) is 0. The van der Waals surface area contributed by atoms with Crippen LogP contribution in [0.15, 0.2) is 0 Å². The summed E-state index contributed by atoms with van der Waals surface area (Å²) in [6, 6.07) is 0. The van der Waals surface area contributed by atoms with E-state index in [2.05, 4.69) is 13.3 Å². The predicted octanol–water partition coefficient (Wildman–Crippen LogP) is 4.60. The van der Waals surface area contributed by atoms with E-state index in [-0.39, 0.29) is 0 Å². The molecule has 0 saturated heterocycles. The fourth-order valence-electron chi connectivity index (χ4n) is 3.06. The molecule has 2 saturated carbocycles. The van der Waals surface area contributed by atoms with E-state index in [0.29, 0.717) is 0 Å². The van der Waals surface area contributed by atoms with E-state index < -0.39 is 0 Å². The summed E-state index contributed by atoms with van der Waals surface area (Å²) < 4.78 is 0. The first kappa shape index (κ1) is 10.5. The third-order valence-electron chi connectivity index (χ3n) is 4.46. The Balaban J connectivity index is 1.53. The molecule has 1 radical (unpaired) electrons. The normalized spacial score (nSPS) is 34.1. The second-order valence-corrected chi connectivity index (χ2v) is 5.54. The molecule has 14 heavy (non-hydrogen) atoms. The third-order valence-corrected chi connectivity index (χ3v) is 4.46. The van der Waals surface area contributed by atoms with Crippen LogP contribution in [0.3, 0.4) is 0 Å². The van der Waals surface area contributed by atoms with E-state index in [1.165, 1.54) is 57.8 Å². The van der Waals surface area contributed by atoms with Gasteiger partial charge in [-0.1, -0.05) is 51.9 Å². The van der Waals surface area contributed by atoms with Crippen molar-refractivity contribution in [1.29, 1.82) is 0 Å². The molecule has 2 aliphatic rings. The molecule has 0 spiro atoms. The van der Waals surface area contributed by atoms with Gasteiger partial charge < -0.3 is 0 Å². The lowest BCUT2D eigenvalue weighted by Crippen LogP contribution is -2.23. The number of hydrogen-bond acceptors (Lipinski definition) is 0. The van der Waals surface area contributed by atoms with E-state index >= 15 is 0 Å². The zero-order valence-corrected chi connectivity index (χ0v) is 9.67. The summed E-state index contributed by atoms with van der Waals surface area (Å²) in [4.78, 5) is 0. The average Bonchev–Trinajstić information content (AvgIpc) is 2.24. The first-order valence-corrected chi connectivity index (χ1v) is 6.69. The molecule has 0 aromatic rings. The molecule has 0 aromatic heterocycles. The second-order valence-electron chi connectivity index (χ2n) is 5.54. The highest BCUT2D eigenvalue weighted by Crippen LogP contribution is 2.37. The molecule has 0 heterocycles. The van der Waals surface area contributed by atoms with Gasteiger partial charge in [0, 0.05) is 0 Å². The average molecular weight is 193 g/mol. The van der Waals surface area contributed by atoms with Crippen molar-refractivity contribution in [2.24, 2.45) is 17.8 Å². The number of rotatable bonds is 4. The third kappa shape index (κ3) is 2.74. The van der Waals surface area contributed by atoms with Crippen LogP contribution in [0.2, 0.25) is 0 Å². The molecular weight excluding hydrogens is 168 g/mol. The maximum atomic E-state index is 2.63. The lowest BCUT2D eigenvalue weighted by molar-refractivity contribution is 0.222. The Hall–Kier alpha value is 0. The molecule has 2 unspecified atom stereocenters. The van der Waals surface area contributed by atoms with Crippen LogP contribution >= 0.6 is 0 Å².